The van der Waals surface area contributed by atoms with Gasteiger partial charge in [-0.2, -0.15) is 0 Å². The Kier molecular flexibility index (Phi) is 9.42. The van der Waals surface area contributed by atoms with Gasteiger partial charge in [0.15, 0.2) is 5.69 Å². The van der Waals surface area contributed by atoms with Gasteiger partial charge in [0.1, 0.15) is 5.01 Å². The van der Waals surface area contributed by atoms with E-state index >= 15 is 0 Å². The Morgan fingerprint density at radius 1 is 1.12 bits per heavy atom. The summed E-state index contributed by atoms with van der Waals surface area (Å²) in [6.07, 6.45) is 8.06. The number of hydrogen-bond acceptors (Lipinski definition) is 7. The molecule has 0 amide bonds. The van der Waals surface area contributed by atoms with Crippen LogP contribution in [0.15, 0.2) is 95.6 Å². The van der Waals surface area contributed by atoms with Gasteiger partial charge in [0, 0.05) is 52.7 Å². The molecule has 1 saturated carbocycles. The SMILES string of the molecule is CCCOC1C=C2C(C)(CC(C)C)CC2(CN=C(C)C(=CN)c2ccc(-c3ccc4cccc(-c5nc6ccccc6s5)c4c3)nc2C(=O)O)C1. The van der Waals surface area contributed by atoms with Crippen molar-refractivity contribution in [3.8, 4) is 21.8 Å². The van der Waals surface area contributed by atoms with Crippen molar-refractivity contribution in [2.45, 2.75) is 66.4 Å². The summed E-state index contributed by atoms with van der Waals surface area (Å²) < 4.78 is 7.36. The number of para-hydroxylation sites is 1. The third-order valence-corrected chi connectivity index (χ3v) is 11.6. The summed E-state index contributed by atoms with van der Waals surface area (Å²) in [4.78, 5) is 27.5. The molecule has 2 heterocycles. The largest absolute Gasteiger partial charge is 0.476 e. The number of aliphatic imine (C=N–C) groups is 1. The van der Waals surface area contributed by atoms with Crippen molar-refractivity contribution in [2.24, 2.45) is 27.5 Å². The fraction of sp³-hybridized carbons (Fsp3) is 0.349. The number of nitrogens with two attached hydrogens (primary N) is 1. The van der Waals surface area contributed by atoms with Crippen LogP contribution >= 0.6 is 11.3 Å². The first kappa shape index (κ1) is 34.8. The molecule has 2 aliphatic rings. The Labute approximate surface area is 304 Å². The lowest BCUT2D eigenvalue weighted by Crippen LogP contribution is -2.48. The van der Waals surface area contributed by atoms with E-state index in [4.69, 9.17) is 25.4 Å². The van der Waals surface area contributed by atoms with Crippen molar-refractivity contribution < 1.29 is 14.6 Å². The standard InChI is InChI=1S/C43H46N4O3S/c1-6-18-50-30-20-38-42(5,21-26(2)3)24-43(38,22-30)25-45-27(4)34(23-44)31-16-17-35(46-39(31)41(48)49)29-15-14-28-10-9-11-32(33(28)19-29)40-47-36-12-7-8-13-37(36)51-40/h7-17,19-20,23,26,30H,6,18,21-22,24-25,44H2,1-5H3,(H,48,49). The quantitative estimate of drug-likeness (QED) is 0.0991. The van der Waals surface area contributed by atoms with Crippen LogP contribution in [0.3, 0.4) is 0 Å². The summed E-state index contributed by atoms with van der Waals surface area (Å²) in [6, 6.07) is 24.1. The summed E-state index contributed by atoms with van der Waals surface area (Å²) in [5, 5.41) is 13.5. The third-order valence-electron chi connectivity index (χ3n) is 10.6. The molecular formula is C43H46N4O3S. The van der Waals surface area contributed by atoms with Gasteiger partial charge < -0.3 is 15.6 Å². The number of aromatic nitrogens is 2. The third kappa shape index (κ3) is 6.51. The highest BCUT2D eigenvalue weighted by Gasteiger charge is 2.59. The molecule has 2 aromatic heterocycles. The molecule has 0 bridgehead atoms. The van der Waals surface area contributed by atoms with Gasteiger partial charge in [-0.15, -0.1) is 11.3 Å². The van der Waals surface area contributed by atoms with Crippen LogP contribution in [-0.4, -0.2) is 46.0 Å². The highest BCUT2D eigenvalue weighted by Crippen LogP contribution is 2.66. The highest BCUT2D eigenvalue weighted by atomic mass is 32.1. The van der Waals surface area contributed by atoms with Gasteiger partial charge in [-0.05, 0) is 85.0 Å². The molecule has 3 aromatic carbocycles. The van der Waals surface area contributed by atoms with Crippen molar-refractivity contribution >= 4 is 49.6 Å². The van der Waals surface area contributed by atoms with E-state index < -0.39 is 5.97 Å². The van der Waals surface area contributed by atoms with Gasteiger partial charge in [-0.1, -0.05) is 81.8 Å². The molecule has 2 aliphatic carbocycles. The van der Waals surface area contributed by atoms with Gasteiger partial charge in [0.25, 0.3) is 0 Å². The number of thiazole rings is 1. The van der Waals surface area contributed by atoms with E-state index in [0.29, 0.717) is 35.0 Å². The van der Waals surface area contributed by atoms with Crippen molar-refractivity contribution in [2.75, 3.05) is 13.2 Å². The Balaban J connectivity index is 1.18. The van der Waals surface area contributed by atoms with E-state index in [0.717, 1.165) is 69.4 Å². The summed E-state index contributed by atoms with van der Waals surface area (Å²) in [5.74, 6) is -0.518. The van der Waals surface area contributed by atoms with Crippen molar-refractivity contribution in [3.63, 3.8) is 0 Å². The first-order valence-corrected chi connectivity index (χ1v) is 18.8. The highest BCUT2D eigenvalue weighted by molar-refractivity contribution is 7.21. The summed E-state index contributed by atoms with van der Waals surface area (Å²) in [5.41, 5.74) is 12.9. The Morgan fingerprint density at radius 2 is 1.94 bits per heavy atom. The van der Waals surface area contributed by atoms with Crippen molar-refractivity contribution in [3.05, 3.63) is 102 Å². The number of carboxylic acids is 1. The molecule has 0 spiro atoms. The van der Waals surface area contributed by atoms with Gasteiger partial charge in [0.2, 0.25) is 0 Å². The molecule has 3 atom stereocenters. The molecule has 7 rings (SSSR count). The lowest BCUT2D eigenvalue weighted by molar-refractivity contribution is 0.0259. The smallest absolute Gasteiger partial charge is 0.355 e. The van der Waals surface area contributed by atoms with E-state index in [1.807, 2.05) is 49.4 Å². The molecule has 7 nitrogen and oxygen atoms in total. The molecule has 51 heavy (non-hydrogen) atoms. The monoisotopic (exact) mass is 698 g/mol. The maximum absolute atomic E-state index is 12.7. The van der Waals surface area contributed by atoms with E-state index in [-0.39, 0.29) is 22.6 Å². The number of benzene rings is 3. The minimum atomic E-state index is -1.12. The Bertz CT molecular complexity index is 2200. The first-order chi connectivity index (χ1) is 24.5. The molecule has 262 valence electrons. The fourth-order valence-corrected chi connectivity index (χ4v) is 9.70. The maximum Gasteiger partial charge on any atom is 0.355 e. The molecule has 1 fully saturated rings. The number of rotatable bonds is 12. The van der Waals surface area contributed by atoms with E-state index in [9.17, 15) is 9.90 Å². The second-order valence-corrected chi connectivity index (χ2v) is 15.9. The minimum absolute atomic E-state index is 0.0406. The molecule has 3 N–H and O–H groups in total. The number of carbonyl (C=O) groups is 1. The molecule has 0 radical (unpaired) electrons. The number of pyridine rings is 1. The van der Waals surface area contributed by atoms with Crippen LogP contribution in [0, 0.1) is 16.7 Å². The molecule has 0 aliphatic heterocycles. The summed E-state index contributed by atoms with van der Waals surface area (Å²) in [7, 11) is 0. The Hall–Kier alpha value is -4.66. The fourth-order valence-electron chi connectivity index (χ4n) is 8.69. The van der Waals surface area contributed by atoms with Crippen LogP contribution < -0.4 is 5.73 Å². The summed E-state index contributed by atoms with van der Waals surface area (Å²) in [6.45, 7) is 12.4. The second-order valence-electron chi connectivity index (χ2n) is 14.9. The molecular weight excluding hydrogens is 653 g/mol. The van der Waals surface area contributed by atoms with Gasteiger partial charge in [0.05, 0.1) is 22.0 Å². The van der Waals surface area contributed by atoms with Crippen LogP contribution in [-0.2, 0) is 4.74 Å². The number of nitrogens with zero attached hydrogens (tertiary/aromatic N) is 3. The van der Waals surface area contributed by atoms with Crippen LogP contribution in [0.1, 0.15) is 76.4 Å². The maximum atomic E-state index is 12.7. The predicted molar refractivity (Wildman–Crippen MR) is 210 cm³/mol. The zero-order valence-electron chi connectivity index (χ0n) is 30.1. The van der Waals surface area contributed by atoms with Gasteiger partial charge >= 0.3 is 5.97 Å². The lowest BCUT2D eigenvalue weighted by Gasteiger charge is -2.56. The van der Waals surface area contributed by atoms with Gasteiger partial charge in [-0.3, -0.25) is 4.99 Å². The van der Waals surface area contributed by atoms with Gasteiger partial charge in [-0.25, -0.2) is 14.8 Å². The average Bonchev–Trinajstić information content (AvgIpc) is 3.69. The number of ether oxygens (including phenoxy) is 1. The minimum Gasteiger partial charge on any atom is -0.476 e. The molecule has 0 saturated heterocycles. The van der Waals surface area contributed by atoms with Crippen LogP contribution in [0.2, 0.25) is 0 Å². The average molecular weight is 699 g/mol. The molecule has 8 heteroatoms. The number of allylic oxidation sites excluding steroid dienone is 1. The normalized spacial score (nSPS) is 22.0. The zero-order chi connectivity index (χ0) is 35.9. The van der Waals surface area contributed by atoms with E-state index in [2.05, 4.69) is 64.1 Å². The van der Waals surface area contributed by atoms with Crippen LogP contribution in [0.5, 0.6) is 0 Å². The van der Waals surface area contributed by atoms with Crippen molar-refractivity contribution in [1.29, 1.82) is 0 Å². The number of fused-ring (bicyclic) bond motifs is 3. The van der Waals surface area contributed by atoms with Crippen molar-refractivity contribution in [1.82, 2.24) is 9.97 Å². The summed E-state index contributed by atoms with van der Waals surface area (Å²) >= 11 is 1.66. The predicted octanol–water partition coefficient (Wildman–Crippen LogP) is 10.2. The van der Waals surface area contributed by atoms with Crippen LogP contribution in [0.4, 0.5) is 0 Å². The van der Waals surface area contributed by atoms with Crippen LogP contribution in [0.25, 0.3) is 48.4 Å². The molecule has 5 aromatic rings. The Morgan fingerprint density at radius 3 is 2.69 bits per heavy atom. The van der Waals surface area contributed by atoms with E-state index in [1.165, 1.54) is 11.8 Å². The number of hydrogen-bond donors (Lipinski definition) is 2. The topological polar surface area (TPSA) is 111 Å². The van der Waals surface area contributed by atoms with E-state index in [1.54, 1.807) is 11.3 Å². The second kappa shape index (κ2) is 13.8. The lowest BCUT2D eigenvalue weighted by atomic mass is 9.49. The molecule has 3 unspecified atom stereocenters. The number of carboxylic acid groups (broad SMARTS) is 1. The number of aromatic carboxylic acids is 1. The zero-order valence-corrected chi connectivity index (χ0v) is 30.9. The first-order valence-electron chi connectivity index (χ1n) is 18.0.